The third-order valence-corrected chi connectivity index (χ3v) is 3.86. The van der Waals surface area contributed by atoms with E-state index in [-0.39, 0.29) is 0 Å². The average Bonchev–Trinajstić information content (AvgIpc) is 2.33. The van der Waals surface area contributed by atoms with Crippen molar-refractivity contribution in [1.82, 2.24) is 4.98 Å². The summed E-state index contributed by atoms with van der Waals surface area (Å²) >= 11 is 0. The lowest BCUT2D eigenvalue weighted by atomic mass is 9.80. The Hall–Kier alpha value is -1.58. The highest BCUT2D eigenvalue weighted by Gasteiger charge is 2.25. The zero-order chi connectivity index (χ0) is 13.1. The van der Waals surface area contributed by atoms with Gasteiger partial charge in [0.1, 0.15) is 0 Å². The normalized spacial score (nSPS) is 27.8. The molecule has 3 N–H and O–H groups in total. The Morgan fingerprint density at radius 3 is 2.89 bits per heavy atom. The van der Waals surface area contributed by atoms with Gasteiger partial charge in [-0.2, -0.15) is 0 Å². The number of amides is 1. The maximum atomic E-state index is 11.3. The van der Waals surface area contributed by atoms with Crippen molar-refractivity contribution in [1.29, 1.82) is 0 Å². The topological polar surface area (TPSA) is 68.0 Å². The summed E-state index contributed by atoms with van der Waals surface area (Å²) in [4.78, 5) is 15.3. The van der Waals surface area contributed by atoms with Crippen molar-refractivity contribution in [3.05, 3.63) is 24.0 Å². The lowest BCUT2D eigenvalue weighted by molar-refractivity contribution is 0.100. The predicted molar refractivity (Wildman–Crippen MR) is 72.3 cm³/mol. The fourth-order valence-electron chi connectivity index (χ4n) is 2.80. The molecule has 2 rings (SSSR count). The number of rotatable bonds is 3. The van der Waals surface area contributed by atoms with Crippen molar-refractivity contribution in [2.24, 2.45) is 17.6 Å². The van der Waals surface area contributed by atoms with Crippen LogP contribution in [0.3, 0.4) is 0 Å². The maximum Gasteiger partial charge on any atom is 0.252 e. The Balaban J connectivity index is 2.12. The number of carbonyl (C=O) groups is 1. The summed E-state index contributed by atoms with van der Waals surface area (Å²) in [6, 6.07) is 2.24. The van der Waals surface area contributed by atoms with Gasteiger partial charge in [-0.25, -0.2) is 0 Å². The quantitative estimate of drug-likeness (QED) is 0.862. The molecule has 1 aliphatic rings. The summed E-state index contributed by atoms with van der Waals surface area (Å²) in [5.74, 6) is 0.983. The molecule has 0 spiro atoms. The van der Waals surface area contributed by atoms with E-state index in [0.717, 1.165) is 18.0 Å². The van der Waals surface area contributed by atoms with Gasteiger partial charge >= 0.3 is 0 Å². The van der Waals surface area contributed by atoms with Gasteiger partial charge in [0.15, 0.2) is 0 Å². The number of nitrogens with zero attached hydrogens (tertiary/aromatic N) is 1. The lowest BCUT2D eigenvalue weighted by Gasteiger charge is -2.34. The van der Waals surface area contributed by atoms with Crippen LogP contribution in [0.15, 0.2) is 18.5 Å². The van der Waals surface area contributed by atoms with E-state index in [1.807, 2.05) is 6.07 Å². The van der Waals surface area contributed by atoms with Crippen molar-refractivity contribution in [2.75, 3.05) is 5.32 Å². The summed E-state index contributed by atoms with van der Waals surface area (Å²) in [6.07, 6.45) is 6.82. The van der Waals surface area contributed by atoms with Crippen molar-refractivity contribution < 1.29 is 4.79 Å². The smallest absolute Gasteiger partial charge is 0.252 e. The monoisotopic (exact) mass is 247 g/mol. The number of pyridine rings is 1. The molecule has 1 aromatic heterocycles. The maximum absolute atomic E-state index is 11.3. The largest absolute Gasteiger partial charge is 0.381 e. The molecule has 0 bridgehead atoms. The highest BCUT2D eigenvalue weighted by Crippen LogP contribution is 2.31. The first-order valence-corrected chi connectivity index (χ1v) is 6.58. The fourth-order valence-corrected chi connectivity index (χ4v) is 2.80. The van der Waals surface area contributed by atoms with Crippen LogP contribution < -0.4 is 11.1 Å². The number of aromatic nitrogens is 1. The molecule has 1 aliphatic carbocycles. The molecule has 0 aromatic carbocycles. The Morgan fingerprint density at radius 2 is 2.22 bits per heavy atom. The molecule has 0 saturated heterocycles. The first-order chi connectivity index (χ1) is 8.58. The lowest BCUT2D eigenvalue weighted by Crippen LogP contribution is -2.33. The Morgan fingerprint density at radius 1 is 1.44 bits per heavy atom. The van der Waals surface area contributed by atoms with Crippen LogP contribution in [0.5, 0.6) is 0 Å². The van der Waals surface area contributed by atoms with E-state index < -0.39 is 5.91 Å². The third-order valence-electron chi connectivity index (χ3n) is 3.86. The van der Waals surface area contributed by atoms with Crippen molar-refractivity contribution in [3.8, 4) is 0 Å². The van der Waals surface area contributed by atoms with Crippen LogP contribution in [0.1, 0.15) is 43.5 Å². The molecule has 18 heavy (non-hydrogen) atoms. The minimum atomic E-state index is -0.428. The van der Waals surface area contributed by atoms with Crippen LogP contribution >= 0.6 is 0 Å². The number of hydrogen-bond donors (Lipinski definition) is 2. The minimum Gasteiger partial charge on any atom is -0.381 e. The molecule has 4 nitrogen and oxygen atoms in total. The van der Waals surface area contributed by atoms with Crippen LogP contribution in [0.25, 0.3) is 0 Å². The summed E-state index contributed by atoms with van der Waals surface area (Å²) in [7, 11) is 0. The van der Waals surface area contributed by atoms with Gasteiger partial charge in [-0.3, -0.25) is 9.78 Å². The second-order valence-corrected chi connectivity index (χ2v) is 5.43. The number of primary amides is 1. The van der Waals surface area contributed by atoms with E-state index in [0.29, 0.717) is 17.5 Å². The molecule has 98 valence electrons. The van der Waals surface area contributed by atoms with Gasteiger partial charge in [0, 0.05) is 18.4 Å². The van der Waals surface area contributed by atoms with Crippen LogP contribution in [0.4, 0.5) is 5.69 Å². The summed E-state index contributed by atoms with van der Waals surface area (Å²) in [5, 5.41) is 3.46. The fraction of sp³-hybridized carbons (Fsp3) is 0.571. The number of nitrogens with two attached hydrogens (primary N) is 1. The van der Waals surface area contributed by atoms with Gasteiger partial charge in [-0.1, -0.05) is 13.8 Å². The van der Waals surface area contributed by atoms with E-state index >= 15 is 0 Å². The Kier molecular flexibility index (Phi) is 3.84. The molecule has 0 aliphatic heterocycles. The van der Waals surface area contributed by atoms with E-state index in [4.69, 9.17) is 5.73 Å². The van der Waals surface area contributed by atoms with Crippen LogP contribution in [-0.2, 0) is 0 Å². The molecule has 1 aromatic rings. The van der Waals surface area contributed by atoms with Gasteiger partial charge in [0.2, 0.25) is 0 Å². The summed E-state index contributed by atoms with van der Waals surface area (Å²) < 4.78 is 0. The predicted octanol–water partition coefficient (Wildman–Crippen LogP) is 2.42. The molecule has 3 unspecified atom stereocenters. The summed E-state index contributed by atoms with van der Waals surface area (Å²) in [6.45, 7) is 4.56. The van der Waals surface area contributed by atoms with Gasteiger partial charge < -0.3 is 11.1 Å². The SMILES string of the molecule is CC1CCC(Nc2ccncc2C(N)=O)C(C)C1. The zero-order valence-corrected chi connectivity index (χ0v) is 11.0. The van der Waals surface area contributed by atoms with E-state index in [1.54, 1.807) is 6.20 Å². The number of carbonyl (C=O) groups excluding carboxylic acids is 1. The van der Waals surface area contributed by atoms with Gasteiger partial charge in [0.05, 0.1) is 11.3 Å². The first-order valence-electron chi connectivity index (χ1n) is 6.58. The molecular formula is C14H21N3O. The number of nitrogens with one attached hydrogen (secondary N) is 1. The van der Waals surface area contributed by atoms with Gasteiger partial charge in [-0.15, -0.1) is 0 Å². The Bertz CT molecular complexity index is 433. The Labute approximate surface area is 108 Å². The van der Waals surface area contributed by atoms with Crippen LogP contribution in [0.2, 0.25) is 0 Å². The van der Waals surface area contributed by atoms with Crippen LogP contribution in [0, 0.1) is 11.8 Å². The van der Waals surface area contributed by atoms with E-state index in [2.05, 4.69) is 24.1 Å². The van der Waals surface area contributed by atoms with Crippen molar-refractivity contribution in [2.45, 2.75) is 39.2 Å². The standard InChI is InChI=1S/C14H21N3O/c1-9-3-4-12(10(2)7-9)17-13-5-6-16-8-11(13)14(15)18/h5-6,8-10,12H,3-4,7H2,1-2H3,(H2,15,18)(H,16,17). The summed E-state index contributed by atoms with van der Waals surface area (Å²) in [5.41, 5.74) is 6.64. The highest BCUT2D eigenvalue weighted by molar-refractivity contribution is 5.98. The minimum absolute atomic E-state index is 0.418. The molecule has 4 heteroatoms. The molecule has 1 amide bonds. The number of anilines is 1. The number of hydrogen-bond acceptors (Lipinski definition) is 3. The second-order valence-electron chi connectivity index (χ2n) is 5.43. The molecule has 3 atom stereocenters. The zero-order valence-electron chi connectivity index (χ0n) is 11.0. The van der Waals surface area contributed by atoms with Crippen LogP contribution in [-0.4, -0.2) is 16.9 Å². The molecular weight excluding hydrogens is 226 g/mol. The van der Waals surface area contributed by atoms with Crippen molar-refractivity contribution in [3.63, 3.8) is 0 Å². The van der Waals surface area contributed by atoms with Gasteiger partial charge in [0.25, 0.3) is 5.91 Å². The molecule has 0 radical (unpaired) electrons. The second kappa shape index (κ2) is 5.38. The molecule has 1 fully saturated rings. The van der Waals surface area contributed by atoms with E-state index in [1.165, 1.54) is 19.0 Å². The molecule has 1 heterocycles. The van der Waals surface area contributed by atoms with Crippen molar-refractivity contribution >= 4 is 11.6 Å². The van der Waals surface area contributed by atoms with E-state index in [9.17, 15) is 4.79 Å². The highest BCUT2D eigenvalue weighted by atomic mass is 16.1. The van der Waals surface area contributed by atoms with Gasteiger partial charge in [-0.05, 0) is 37.2 Å². The average molecular weight is 247 g/mol. The first kappa shape index (κ1) is 12.9. The molecule has 1 saturated carbocycles. The third kappa shape index (κ3) is 2.81.